The lowest BCUT2D eigenvalue weighted by Gasteiger charge is -2.09. The summed E-state index contributed by atoms with van der Waals surface area (Å²) in [5, 5.41) is 3.06. The number of benzene rings is 2. The van der Waals surface area contributed by atoms with Crippen molar-refractivity contribution < 1.29 is 9.53 Å². The molecule has 1 N–H and O–H groups in total. The van der Waals surface area contributed by atoms with Crippen molar-refractivity contribution in [1.82, 2.24) is 5.32 Å². The number of carbonyl (C=O) groups excluding carboxylic acids is 1. The number of aryl methyl sites for hydroxylation is 1. The quantitative estimate of drug-likeness (QED) is 0.495. The first-order chi connectivity index (χ1) is 13.8. The number of unbranched alkanes of at least 4 members (excludes halogenated alkanes) is 2. The molecule has 2 aromatic rings. The van der Waals surface area contributed by atoms with E-state index in [9.17, 15) is 4.79 Å². The molecule has 0 saturated heterocycles. The van der Waals surface area contributed by atoms with Gasteiger partial charge < -0.3 is 10.1 Å². The van der Waals surface area contributed by atoms with Gasteiger partial charge in [0.1, 0.15) is 5.75 Å². The Hall–Kier alpha value is -2.29. The van der Waals surface area contributed by atoms with Gasteiger partial charge in [-0.1, -0.05) is 49.4 Å². The Morgan fingerprint density at radius 1 is 1.07 bits per heavy atom. The molecule has 1 fully saturated rings. The molecule has 150 valence electrons. The summed E-state index contributed by atoms with van der Waals surface area (Å²) in [6.45, 7) is 3.61. The van der Waals surface area contributed by atoms with Crippen molar-refractivity contribution >= 4 is 5.91 Å². The Balaban J connectivity index is 1.32. The van der Waals surface area contributed by atoms with Gasteiger partial charge in [-0.25, -0.2) is 0 Å². The minimum absolute atomic E-state index is 0.178. The van der Waals surface area contributed by atoms with E-state index in [-0.39, 0.29) is 5.91 Å². The molecule has 0 radical (unpaired) electrons. The Morgan fingerprint density at radius 2 is 1.93 bits per heavy atom. The van der Waals surface area contributed by atoms with Gasteiger partial charge in [0.25, 0.3) is 0 Å². The molecule has 0 aromatic heterocycles. The van der Waals surface area contributed by atoms with Crippen molar-refractivity contribution in [3.05, 3.63) is 65.7 Å². The van der Waals surface area contributed by atoms with E-state index in [0.717, 1.165) is 44.6 Å². The summed E-state index contributed by atoms with van der Waals surface area (Å²) >= 11 is 0. The lowest BCUT2D eigenvalue weighted by molar-refractivity contribution is -0.121. The van der Waals surface area contributed by atoms with Crippen LogP contribution in [0.2, 0.25) is 0 Å². The van der Waals surface area contributed by atoms with Crippen molar-refractivity contribution in [3.8, 4) is 5.75 Å². The highest BCUT2D eigenvalue weighted by Gasteiger charge is 2.38. The summed E-state index contributed by atoms with van der Waals surface area (Å²) in [5.74, 6) is 2.30. The molecular formula is C25H33NO2. The third-order valence-corrected chi connectivity index (χ3v) is 5.47. The fraction of sp³-hybridized carbons (Fsp3) is 0.480. The maximum atomic E-state index is 11.6. The fourth-order valence-electron chi connectivity index (χ4n) is 3.72. The highest BCUT2D eigenvalue weighted by atomic mass is 16.5. The van der Waals surface area contributed by atoms with Crippen molar-refractivity contribution in [2.24, 2.45) is 5.92 Å². The average Bonchev–Trinajstić information content (AvgIpc) is 3.50. The number of hydrogen-bond donors (Lipinski definition) is 1. The van der Waals surface area contributed by atoms with Crippen LogP contribution in [0.25, 0.3) is 0 Å². The summed E-state index contributed by atoms with van der Waals surface area (Å²) in [5.41, 5.74) is 2.76. The topological polar surface area (TPSA) is 38.3 Å². The lowest BCUT2D eigenvalue weighted by atomic mass is 10.1. The first-order valence-electron chi connectivity index (χ1n) is 10.8. The van der Waals surface area contributed by atoms with E-state index in [2.05, 4.69) is 53.8 Å². The summed E-state index contributed by atoms with van der Waals surface area (Å²) in [6.07, 6.45) is 7.34. The number of amides is 1. The smallest absolute Gasteiger partial charge is 0.219 e. The van der Waals surface area contributed by atoms with Crippen LogP contribution in [0.15, 0.2) is 54.6 Å². The second-order valence-electron chi connectivity index (χ2n) is 7.87. The second kappa shape index (κ2) is 10.9. The van der Waals surface area contributed by atoms with Gasteiger partial charge in [-0.15, -0.1) is 0 Å². The zero-order chi connectivity index (χ0) is 19.6. The molecule has 0 unspecified atom stereocenters. The Kier molecular flexibility index (Phi) is 7.95. The van der Waals surface area contributed by atoms with Crippen LogP contribution in [0, 0.1) is 5.92 Å². The predicted octanol–water partition coefficient (Wildman–Crippen LogP) is 5.50. The van der Waals surface area contributed by atoms with E-state index in [1.54, 1.807) is 0 Å². The molecule has 1 amide bonds. The predicted molar refractivity (Wildman–Crippen MR) is 115 cm³/mol. The third-order valence-electron chi connectivity index (χ3n) is 5.47. The standard InChI is InChI=1S/C25H33NO2/c1-2-10-25(27)26-19-22-18-24(22)21-14-9-15-23(17-21)28-16-8-4-7-13-20-11-5-3-6-12-20/h3,5-6,9,11-12,14-15,17,22,24H,2,4,7-8,10,13,16,18-19H2,1H3,(H,26,27)/t22-,24-/m0/s1. The van der Waals surface area contributed by atoms with E-state index in [1.165, 1.54) is 24.0 Å². The number of ether oxygens (including phenoxy) is 1. The van der Waals surface area contributed by atoms with Crippen LogP contribution >= 0.6 is 0 Å². The van der Waals surface area contributed by atoms with Gasteiger partial charge in [0.2, 0.25) is 5.91 Å². The van der Waals surface area contributed by atoms with Crippen molar-refractivity contribution in [3.63, 3.8) is 0 Å². The number of nitrogens with one attached hydrogen (secondary N) is 1. The molecule has 3 nitrogen and oxygen atoms in total. The molecule has 1 aliphatic rings. The van der Waals surface area contributed by atoms with E-state index in [1.807, 2.05) is 13.0 Å². The molecule has 2 atom stereocenters. The number of carbonyl (C=O) groups is 1. The highest BCUT2D eigenvalue weighted by molar-refractivity contribution is 5.75. The SMILES string of the molecule is CCCC(=O)NC[C@@H]1C[C@H]1c1cccc(OCCCCCc2ccccc2)c1. The summed E-state index contributed by atoms with van der Waals surface area (Å²) in [4.78, 5) is 11.6. The van der Waals surface area contributed by atoms with Crippen LogP contribution in [0.1, 0.15) is 62.5 Å². The van der Waals surface area contributed by atoms with Crippen LogP contribution in [-0.2, 0) is 11.2 Å². The monoisotopic (exact) mass is 379 g/mol. The molecule has 28 heavy (non-hydrogen) atoms. The van der Waals surface area contributed by atoms with Crippen LogP contribution in [0.3, 0.4) is 0 Å². The van der Waals surface area contributed by atoms with Gasteiger partial charge in [-0.3, -0.25) is 4.79 Å². The number of rotatable bonds is 12. The van der Waals surface area contributed by atoms with Gasteiger partial charge in [-0.2, -0.15) is 0 Å². The van der Waals surface area contributed by atoms with Gasteiger partial charge in [0.05, 0.1) is 6.61 Å². The molecule has 1 saturated carbocycles. The van der Waals surface area contributed by atoms with Crippen LogP contribution < -0.4 is 10.1 Å². The molecule has 0 heterocycles. The molecule has 1 aliphatic carbocycles. The first kappa shape index (κ1) is 20.4. The van der Waals surface area contributed by atoms with Crippen molar-refractivity contribution in [1.29, 1.82) is 0 Å². The first-order valence-corrected chi connectivity index (χ1v) is 10.8. The maximum absolute atomic E-state index is 11.6. The van der Waals surface area contributed by atoms with Crippen molar-refractivity contribution in [2.45, 2.75) is 57.8 Å². The largest absolute Gasteiger partial charge is 0.494 e. The summed E-state index contributed by atoms with van der Waals surface area (Å²) in [7, 11) is 0. The van der Waals surface area contributed by atoms with Gasteiger partial charge in [0.15, 0.2) is 0 Å². The van der Waals surface area contributed by atoms with E-state index in [4.69, 9.17) is 4.74 Å². The van der Waals surface area contributed by atoms with Crippen molar-refractivity contribution in [2.75, 3.05) is 13.2 Å². The number of hydrogen-bond acceptors (Lipinski definition) is 2. The van der Waals surface area contributed by atoms with Gasteiger partial charge in [0, 0.05) is 13.0 Å². The summed E-state index contributed by atoms with van der Waals surface area (Å²) in [6, 6.07) is 19.2. The van der Waals surface area contributed by atoms with E-state index in [0.29, 0.717) is 18.3 Å². The highest BCUT2D eigenvalue weighted by Crippen LogP contribution is 2.47. The van der Waals surface area contributed by atoms with Gasteiger partial charge in [-0.05, 0) is 73.6 Å². The Morgan fingerprint density at radius 3 is 2.75 bits per heavy atom. The van der Waals surface area contributed by atoms with E-state index < -0.39 is 0 Å². The van der Waals surface area contributed by atoms with E-state index >= 15 is 0 Å². The molecule has 0 spiro atoms. The molecule has 3 heteroatoms. The molecule has 2 aromatic carbocycles. The maximum Gasteiger partial charge on any atom is 0.219 e. The van der Waals surface area contributed by atoms with Gasteiger partial charge >= 0.3 is 0 Å². The molecule has 0 aliphatic heterocycles. The Bertz CT molecular complexity index is 728. The normalized spacial score (nSPS) is 17.9. The van der Waals surface area contributed by atoms with Crippen LogP contribution in [0.5, 0.6) is 5.75 Å². The fourth-order valence-corrected chi connectivity index (χ4v) is 3.72. The zero-order valence-electron chi connectivity index (χ0n) is 17.0. The lowest BCUT2D eigenvalue weighted by Crippen LogP contribution is -2.25. The minimum atomic E-state index is 0.178. The molecule has 0 bridgehead atoms. The minimum Gasteiger partial charge on any atom is -0.494 e. The van der Waals surface area contributed by atoms with Crippen LogP contribution in [0.4, 0.5) is 0 Å². The summed E-state index contributed by atoms with van der Waals surface area (Å²) < 4.78 is 5.97. The third kappa shape index (κ3) is 6.70. The molecule has 3 rings (SSSR count). The Labute approximate surface area is 169 Å². The average molecular weight is 380 g/mol. The zero-order valence-corrected chi connectivity index (χ0v) is 17.0. The molecular weight excluding hydrogens is 346 g/mol. The van der Waals surface area contributed by atoms with Crippen LogP contribution in [-0.4, -0.2) is 19.1 Å². The second-order valence-corrected chi connectivity index (χ2v) is 7.87.